The number of aromatic carboxylic acids is 2. The molecule has 3 aromatic carbocycles. The Morgan fingerprint density at radius 2 is 1.15 bits per heavy atom. The van der Waals surface area contributed by atoms with E-state index >= 15 is 0 Å². The number of carboxylic acids is 2. The van der Waals surface area contributed by atoms with Gasteiger partial charge in [-0.1, -0.05) is 54.6 Å². The number of hydrogen-bond donors (Lipinski definition) is 2. The Morgan fingerprint density at radius 1 is 0.706 bits per heavy atom. The van der Waals surface area contributed by atoms with E-state index in [0.717, 1.165) is 16.7 Å². The van der Waals surface area contributed by atoms with Crippen LogP contribution in [-0.2, 0) is 11.3 Å². The maximum absolute atomic E-state index is 13.3. The lowest BCUT2D eigenvalue weighted by atomic mass is 9.93. The highest BCUT2D eigenvalue weighted by Gasteiger charge is 2.26. The molecule has 0 unspecified atom stereocenters. The summed E-state index contributed by atoms with van der Waals surface area (Å²) in [6.07, 6.45) is 3.60. The fourth-order valence-corrected chi connectivity index (χ4v) is 3.91. The van der Waals surface area contributed by atoms with Crippen molar-refractivity contribution >= 4 is 29.9 Å². The van der Waals surface area contributed by atoms with Crippen molar-refractivity contribution in [2.75, 3.05) is 13.1 Å². The van der Waals surface area contributed by atoms with Crippen LogP contribution < -0.4 is 0 Å². The van der Waals surface area contributed by atoms with E-state index in [1.54, 1.807) is 36.4 Å². The number of Topliss-reactive ketones (excluding diaryl/α,β-unsaturated/α-hetero) is 1. The zero-order valence-corrected chi connectivity index (χ0v) is 18.3. The average Bonchev–Trinajstić information content (AvgIpc) is 2.83. The predicted octanol–water partition coefficient (Wildman–Crippen LogP) is 4.63. The van der Waals surface area contributed by atoms with Gasteiger partial charge in [0.1, 0.15) is 0 Å². The molecule has 0 aliphatic carbocycles. The minimum absolute atomic E-state index is 0.0751. The first-order chi connectivity index (χ1) is 16.4. The molecule has 2 N–H and O–H groups in total. The summed E-state index contributed by atoms with van der Waals surface area (Å²) < 4.78 is 0. The zero-order chi connectivity index (χ0) is 24.1. The molecule has 0 radical (unpaired) electrons. The Bertz CT molecular complexity index is 1190. The van der Waals surface area contributed by atoms with Crippen LogP contribution in [0.15, 0.2) is 90.0 Å². The summed E-state index contributed by atoms with van der Waals surface area (Å²) in [5.74, 6) is -2.07. The molecule has 4 rings (SSSR count). The molecule has 1 fully saturated rings. The third-order valence-electron chi connectivity index (χ3n) is 5.62. The van der Waals surface area contributed by atoms with Crippen molar-refractivity contribution in [3.05, 3.63) is 118 Å². The van der Waals surface area contributed by atoms with Crippen molar-refractivity contribution in [3.63, 3.8) is 0 Å². The van der Waals surface area contributed by atoms with Gasteiger partial charge in [-0.3, -0.25) is 9.69 Å². The normalized spacial score (nSPS) is 16.6. The second-order valence-corrected chi connectivity index (χ2v) is 8.15. The second-order valence-electron chi connectivity index (χ2n) is 8.15. The van der Waals surface area contributed by atoms with Crippen LogP contribution in [0.5, 0.6) is 0 Å². The van der Waals surface area contributed by atoms with Gasteiger partial charge in [-0.05, 0) is 53.1 Å². The molecule has 0 saturated carbocycles. The van der Waals surface area contributed by atoms with Crippen LogP contribution in [-0.4, -0.2) is 45.9 Å². The Kier molecular flexibility index (Phi) is 6.80. The van der Waals surface area contributed by atoms with Crippen LogP contribution in [0.4, 0.5) is 0 Å². The number of hydrogen-bond acceptors (Lipinski definition) is 4. The molecule has 0 bridgehead atoms. The fraction of sp³-hybridized carbons (Fsp3) is 0.107. The number of ketones is 1. The minimum Gasteiger partial charge on any atom is -0.478 e. The molecule has 0 spiro atoms. The van der Waals surface area contributed by atoms with Gasteiger partial charge in [0, 0.05) is 30.8 Å². The van der Waals surface area contributed by atoms with Gasteiger partial charge in [-0.2, -0.15) is 0 Å². The maximum atomic E-state index is 13.3. The van der Waals surface area contributed by atoms with Crippen molar-refractivity contribution in [2.24, 2.45) is 0 Å². The number of benzene rings is 3. The molecule has 3 aromatic rings. The van der Waals surface area contributed by atoms with E-state index in [4.69, 9.17) is 10.2 Å². The summed E-state index contributed by atoms with van der Waals surface area (Å²) in [7, 11) is 0. The van der Waals surface area contributed by atoms with Gasteiger partial charge in [0.05, 0.1) is 11.1 Å². The SMILES string of the molecule is O=C1/C(=C\c2ccc(C(=O)O)cc2)CN(Cc2ccccc2)C/C1=C/c1ccc(C(=O)O)cc1. The van der Waals surface area contributed by atoms with E-state index in [1.165, 1.54) is 24.3 Å². The van der Waals surface area contributed by atoms with Crippen LogP contribution in [0.2, 0.25) is 0 Å². The van der Waals surface area contributed by atoms with Crippen molar-refractivity contribution in [1.82, 2.24) is 4.90 Å². The van der Waals surface area contributed by atoms with Crippen molar-refractivity contribution < 1.29 is 24.6 Å². The molecule has 0 atom stereocenters. The van der Waals surface area contributed by atoms with E-state index in [2.05, 4.69) is 4.90 Å². The van der Waals surface area contributed by atoms with E-state index in [-0.39, 0.29) is 16.9 Å². The molecule has 1 heterocycles. The van der Waals surface area contributed by atoms with E-state index in [0.29, 0.717) is 30.8 Å². The van der Waals surface area contributed by atoms with Crippen molar-refractivity contribution in [2.45, 2.75) is 6.54 Å². The number of carboxylic acid groups (broad SMARTS) is 2. The molecule has 1 aliphatic rings. The van der Waals surface area contributed by atoms with Crippen LogP contribution in [0, 0.1) is 0 Å². The monoisotopic (exact) mass is 453 g/mol. The van der Waals surface area contributed by atoms with Gasteiger partial charge in [0.25, 0.3) is 0 Å². The first-order valence-electron chi connectivity index (χ1n) is 10.8. The molecule has 1 aliphatic heterocycles. The summed E-state index contributed by atoms with van der Waals surface area (Å²) in [5.41, 5.74) is 4.23. The third-order valence-corrected chi connectivity index (χ3v) is 5.62. The highest BCUT2D eigenvalue weighted by atomic mass is 16.4. The number of carbonyl (C=O) groups is 3. The minimum atomic E-state index is -0.999. The highest BCUT2D eigenvalue weighted by Crippen LogP contribution is 2.24. The standard InChI is InChI=1S/C28H23NO5/c30-26-24(14-19-6-10-22(11-7-19)27(31)32)17-29(16-21-4-2-1-3-5-21)18-25(26)15-20-8-12-23(13-9-20)28(33)34/h1-15H,16-18H2,(H,31,32)(H,33,34)/b24-14-,25-15-. The predicted molar refractivity (Wildman–Crippen MR) is 129 cm³/mol. The Morgan fingerprint density at radius 3 is 1.56 bits per heavy atom. The van der Waals surface area contributed by atoms with Crippen LogP contribution in [0.25, 0.3) is 12.2 Å². The summed E-state index contributed by atoms with van der Waals surface area (Å²) >= 11 is 0. The van der Waals surface area contributed by atoms with Gasteiger partial charge in [0.2, 0.25) is 0 Å². The van der Waals surface area contributed by atoms with Crippen molar-refractivity contribution in [3.8, 4) is 0 Å². The largest absolute Gasteiger partial charge is 0.478 e. The highest BCUT2D eigenvalue weighted by molar-refractivity contribution is 6.14. The summed E-state index contributed by atoms with van der Waals surface area (Å²) in [6.45, 7) is 1.59. The number of likely N-dealkylation sites (tertiary alicyclic amines) is 1. The number of rotatable bonds is 6. The van der Waals surface area contributed by atoms with Crippen molar-refractivity contribution in [1.29, 1.82) is 0 Å². The molecule has 0 amide bonds. The van der Waals surface area contributed by atoms with Crippen LogP contribution in [0.1, 0.15) is 37.4 Å². The molecule has 0 aromatic heterocycles. The molecule has 170 valence electrons. The third kappa shape index (κ3) is 5.54. The van der Waals surface area contributed by atoms with Crippen LogP contribution >= 0.6 is 0 Å². The first kappa shape index (κ1) is 22.9. The fourth-order valence-electron chi connectivity index (χ4n) is 3.91. The number of piperidine rings is 1. The summed E-state index contributed by atoms with van der Waals surface area (Å²) in [4.78, 5) is 37.8. The number of nitrogens with zero attached hydrogens (tertiary/aromatic N) is 1. The summed E-state index contributed by atoms with van der Waals surface area (Å²) in [6, 6.07) is 22.8. The topological polar surface area (TPSA) is 94.9 Å². The molecule has 34 heavy (non-hydrogen) atoms. The maximum Gasteiger partial charge on any atom is 0.335 e. The molecular formula is C28H23NO5. The molecule has 6 nitrogen and oxygen atoms in total. The second kappa shape index (κ2) is 10.1. The average molecular weight is 453 g/mol. The molecule has 6 heteroatoms. The molecular weight excluding hydrogens is 430 g/mol. The Labute approximate surface area is 197 Å². The zero-order valence-electron chi connectivity index (χ0n) is 18.3. The van der Waals surface area contributed by atoms with E-state index in [1.807, 2.05) is 30.3 Å². The van der Waals surface area contributed by atoms with E-state index < -0.39 is 11.9 Å². The smallest absolute Gasteiger partial charge is 0.335 e. The lowest BCUT2D eigenvalue weighted by Gasteiger charge is -2.30. The summed E-state index contributed by atoms with van der Waals surface area (Å²) in [5, 5.41) is 18.2. The lowest BCUT2D eigenvalue weighted by Crippen LogP contribution is -2.37. The van der Waals surface area contributed by atoms with Crippen LogP contribution in [0.3, 0.4) is 0 Å². The first-order valence-corrected chi connectivity index (χ1v) is 10.8. The Balaban J connectivity index is 1.66. The van der Waals surface area contributed by atoms with E-state index in [9.17, 15) is 14.4 Å². The number of carbonyl (C=O) groups excluding carboxylic acids is 1. The van der Waals surface area contributed by atoms with Gasteiger partial charge in [-0.25, -0.2) is 9.59 Å². The van der Waals surface area contributed by atoms with Gasteiger partial charge in [-0.15, -0.1) is 0 Å². The quantitative estimate of drug-likeness (QED) is 0.528. The molecule has 1 saturated heterocycles. The van der Waals surface area contributed by atoms with Gasteiger partial charge < -0.3 is 10.2 Å². The van der Waals surface area contributed by atoms with Gasteiger partial charge >= 0.3 is 11.9 Å². The Hall–Kier alpha value is -4.29. The van der Waals surface area contributed by atoms with Gasteiger partial charge in [0.15, 0.2) is 5.78 Å². The lowest BCUT2D eigenvalue weighted by molar-refractivity contribution is -0.113.